The Balaban J connectivity index is 2.96. The van der Waals surface area contributed by atoms with E-state index in [9.17, 15) is 0 Å². The maximum absolute atomic E-state index is 4.19. The molecule has 54 valence electrons. The van der Waals surface area contributed by atoms with Gasteiger partial charge in [-0.3, -0.25) is 4.98 Å². The molecule has 3 heteroatoms. The van der Waals surface area contributed by atoms with Crippen LogP contribution in [0.25, 0.3) is 0 Å². The van der Waals surface area contributed by atoms with E-state index in [0.717, 1.165) is 16.4 Å². The number of rotatable bonds is 2. The first-order chi connectivity index (χ1) is 4.88. The van der Waals surface area contributed by atoms with E-state index in [1.807, 2.05) is 12.3 Å². The van der Waals surface area contributed by atoms with E-state index in [2.05, 4.69) is 42.9 Å². The van der Waals surface area contributed by atoms with Crippen LogP contribution in [0.3, 0.4) is 0 Å². The Kier molecular flexibility index (Phi) is 3.35. The van der Waals surface area contributed by atoms with Gasteiger partial charge in [0.1, 0.15) is 0 Å². The second kappa shape index (κ2) is 4.09. The third-order valence-corrected chi connectivity index (χ3v) is 2.39. The van der Waals surface area contributed by atoms with Gasteiger partial charge in [0.15, 0.2) is 0 Å². The van der Waals surface area contributed by atoms with Crippen molar-refractivity contribution in [3.05, 3.63) is 29.6 Å². The molecule has 0 fully saturated rings. The molecule has 0 saturated heterocycles. The van der Waals surface area contributed by atoms with Gasteiger partial charge in [-0.1, -0.05) is 37.9 Å². The Morgan fingerprint density at radius 2 is 2.10 bits per heavy atom. The number of halogens is 2. The van der Waals surface area contributed by atoms with E-state index < -0.39 is 0 Å². The molecule has 0 radical (unpaired) electrons. The second-order valence-electron chi connectivity index (χ2n) is 1.88. The van der Waals surface area contributed by atoms with Crippen LogP contribution in [0.5, 0.6) is 0 Å². The maximum atomic E-state index is 4.19. The second-order valence-corrected chi connectivity index (χ2v) is 3.00. The van der Waals surface area contributed by atoms with Crippen molar-refractivity contribution in [1.82, 2.24) is 4.98 Å². The molecule has 0 spiro atoms. The van der Waals surface area contributed by atoms with Gasteiger partial charge >= 0.3 is 0 Å². The van der Waals surface area contributed by atoms with Crippen molar-refractivity contribution in [3.8, 4) is 0 Å². The van der Waals surface area contributed by atoms with Gasteiger partial charge in [-0.25, -0.2) is 0 Å². The summed E-state index contributed by atoms with van der Waals surface area (Å²) in [5, 5.41) is 1.70. The zero-order chi connectivity index (χ0) is 7.40. The van der Waals surface area contributed by atoms with E-state index in [4.69, 9.17) is 0 Å². The summed E-state index contributed by atoms with van der Waals surface area (Å²) in [5.41, 5.74) is 2.36. The van der Waals surface area contributed by atoms with Crippen LogP contribution >= 0.6 is 31.9 Å². The first-order valence-electron chi connectivity index (χ1n) is 2.93. The third-order valence-electron chi connectivity index (χ3n) is 1.26. The Bertz CT molecular complexity index is 190. The van der Waals surface area contributed by atoms with Gasteiger partial charge in [-0.15, -0.1) is 0 Å². The highest BCUT2D eigenvalue weighted by atomic mass is 79.9. The van der Waals surface area contributed by atoms with E-state index >= 15 is 0 Å². The molecular weight excluding hydrogens is 258 g/mol. The van der Waals surface area contributed by atoms with Gasteiger partial charge in [-0.2, -0.15) is 0 Å². The summed E-state index contributed by atoms with van der Waals surface area (Å²) in [7, 11) is 0. The zero-order valence-corrected chi connectivity index (χ0v) is 8.52. The van der Waals surface area contributed by atoms with E-state index in [0.29, 0.717) is 0 Å². The van der Waals surface area contributed by atoms with Crippen LogP contribution in [-0.2, 0) is 10.7 Å². The van der Waals surface area contributed by atoms with E-state index in [1.54, 1.807) is 0 Å². The van der Waals surface area contributed by atoms with Crippen LogP contribution in [0.1, 0.15) is 11.3 Å². The third kappa shape index (κ3) is 1.80. The predicted molar refractivity (Wildman–Crippen MR) is 49.5 cm³/mol. The van der Waals surface area contributed by atoms with Crippen molar-refractivity contribution in [1.29, 1.82) is 0 Å². The van der Waals surface area contributed by atoms with Gasteiger partial charge in [0.2, 0.25) is 0 Å². The average molecular weight is 265 g/mol. The molecule has 1 rings (SSSR count). The summed E-state index contributed by atoms with van der Waals surface area (Å²) in [6.45, 7) is 0. The molecule has 1 nitrogen and oxygen atoms in total. The molecule has 0 atom stereocenters. The lowest BCUT2D eigenvalue weighted by Crippen LogP contribution is -1.90. The largest absolute Gasteiger partial charge is 0.260 e. The number of nitrogens with zero attached hydrogens (tertiary/aromatic N) is 1. The Labute approximate surface area is 77.1 Å². The van der Waals surface area contributed by atoms with Crippen molar-refractivity contribution in [2.75, 3.05) is 0 Å². The van der Waals surface area contributed by atoms with Crippen molar-refractivity contribution in [3.63, 3.8) is 0 Å². The van der Waals surface area contributed by atoms with Crippen LogP contribution in [0.4, 0.5) is 0 Å². The van der Waals surface area contributed by atoms with Gasteiger partial charge in [0.25, 0.3) is 0 Å². The fourth-order valence-corrected chi connectivity index (χ4v) is 1.73. The first kappa shape index (κ1) is 8.21. The lowest BCUT2D eigenvalue weighted by molar-refractivity contribution is 1.13. The van der Waals surface area contributed by atoms with Crippen molar-refractivity contribution < 1.29 is 0 Å². The lowest BCUT2D eigenvalue weighted by Gasteiger charge is -1.99. The number of pyridine rings is 1. The number of alkyl halides is 2. The summed E-state index contributed by atoms with van der Waals surface area (Å²) >= 11 is 6.75. The maximum Gasteiger partial charge on any atom is 0.0549 e. The molecule has 0 bridgehead atoms. The zero-order valence-electron chi connectivity index (χ0n) is 5.35. The minimum absolute atomic E-state index is 0.828. The van der Waals surface area contributed by atoms with Crippen LogP contribution in [0.2, 0.25) is 0 Å². The summed E-state index contributed by atoms with van der Waals surface area (Å²) in [6, 6.07) is 4.01. The SMILES string of the molecule is BrCc1cccnc1CBr. The van der Waals surface area contributed by atoms with E-state index in [1.165, 1.54) is 5.56 Å². The molecular formula is C7H7Br2N. The molecule has 0 aromatic carbocycles. The van der Waals surface area contributed by atoms with Crippen LogP contribution < -0.4 is 0 Å². The normalized spacial score (nSPS) is 9.80. The number of aromatic nitrogens is 1. The Morgan fingerprint density at radius 3 is 2.60 bits per heavy atom. The van der Waals surface area contributed by atoms with E-state index in [-0.39, 0.29) is 0 Å². The number of hydrogen-bond acceptors (Lipinski definition) is 1. The van der Waals surface area contributed by atoms with Gasteiger partial charge < -0.3 is 0 Å². The molecule has 10 heavy (non-hydrogen) atoms. The molecule has 1 aromatic rings. The van der Waals surface area contributed by atoms with Crippen LogP contribution in [-0.4, -0.2) is 4.98 Å². The molecule has 0 unspecified atom stereocenters. The summed E-state index contributed by atoms with van der Waals surface area (Å²) in [5.74, 6) is 0. The quantitative estimate of drug-likeness (QED) is 0.749. The van der Waals surface area contributed by atoms with Crippen molar-refractivity contribution >= 4 is 31.9 Å². The van der Waals surface area contributed by atoms with Crippen LogP contribution in [0.15, 0.2) is 18.3 Å². The minimum Gasteiger partial charge on any atom is -0.260 e. The molecule has 0 amide bonds. The van der Waals surface area contributed by atoms with Crippen molar-refractivity contribution in [2.24, 2.45) is 0 Å². The fourth-order valence-electron chi connectivity index (χ4n) is 0.713. The minimum atomic E-state index is 0.828. The monoisotopic (exact) mass is 263 g/mol. The molecule has 0 aliphatic heterocycles. The van der Waals surface area contributed by atoms with Gasteiger partial charge in [-0.05, 0) is 11.6 Å². The fraction of sp³-hybridized carbons (Fsp3) is 0.286. The van der Waals surface area contributed by atoms with Crippen LogP contribution in [0, 0.1) is 0 Å². The Morgan fingerprint density at radius 1 is 1.30 bits per heavy atom. The highest BCUT2D eigenvalue weighted by Crippen LogP contribution is 2.11. The van der Waals surface area contributed by atoms with Gasteiger partial charge in [0.05, 0.1) is 5.69 Å². The smallest absolute Gasteiger partial charge is 0.0549 e. The summed E-state index contributed by atoms with van der Waals surface area (Å²) in [4.78, 5) is 4.19. The Hall–Kier alpha value is 0.110. The summed E-state index contributed by atoms with van der Waals surface area (Å²) < 4.78 is 0. The molecule has 1 aromatic heterocycles. The highest BCUT2D eigenvalue weighted by Gasteiger charge is 1.97. The predicted octanol–water partition coefficient (Wildman–Crippen LogP) is 2.87. The lowest BCUT2D eigenvalue weighted by atomic mass is 10.2. The highest BCUT2D eigenvalue weighted by molar-refractivity contribution is 9.09. The molecule has 0 saturated carbocycles. The average Bonchev–Trinajstić information content (AvgIpc) is 2.04. The summed E-state index contributed by atoms with van der Waals surface area (Å²) in [6.07, 6.45) is 1.81. The van der Waals surface area contributed by atoms with Gasteiger partial charge in [0, 0.05) is 16.9 Å². The first-order valence-corrected chi connectivity index (χ1v) is 5.17. The molecule has 0 aliphatic carbocycles. The molecule has 0 aliphatic rings. The topological polar surface area (TPSA) is 12.9 Å². The number of hydrogen-bond donors (Lipinski definition) is 0. The van der Waals surface area contributed by atoms with Crippen molar-refractivity contribution in [2.45, 2.75) is 10.7 Å². The molecule has 0 N–H and O–H groups in total. The standard InChI is InChI=1S/C7H7Br2N/c8-4-6-2-1-3-10-7(6)5-9/h1-3H,4-5H2. The molecule has 1 heterocycles.